The van der Waals surface area contributed by atoms with Gasteiger partial charge in [-0.15, -0.1) is 0 Å². The first-order valence-electron chi connectivity index (χ1n) is 4.63. The van der Waals surface area contributed by atoms with Crippen LogP contribution in [0.2, 0.25) is 5.02 Å². The third kappa shape index (κ3) is 4.09. The molecular formula is C12H10ClNOS. The molecule has 0 saturated heterocycles. The summed E-state index contributed by atoms with van der Waals surface area (Å²) in [7, 11) is 0. The minimum absolute atomic E-state index is 0.0845. The van der Waals surface area contributed by atoms with Gasteiger partial charge in [0.2, 0.25) is 0 Å². The molecule has 0 spiro atoms. The summed E-state index contributed by atoms with van der Waals surface area (Å²) in [6, 6.07) is 7.22. The van der Waals surface area contributed by atoms with Crippen LogP contribution in [0.5, 0.6) is 0 Å². The molecule has 82 valence electrons. The number of benzene rings is 1. The molecule has 0 aliphatic rings. The highest BCUT2D eigenvalue weighted by Gasteiger charge is 1.99. The fraction of sp³-hybridized carbons (Fsp3) is 0.167. The molecule has 0 radical (unpaired) electrons. The minimum atomic E-state index is 0.0845. The lowest BCUT2D eigenvalue weighted by molar-refractivity contribution is -0.109. The summed E-state index contributed by atoms with van der Waals surface area (Å²) in [5.74, 6) is 0.614. The first kappa shape index (κ1) is 12.8. The van der Waals surface area contributed by atoms with Gasteiger partial charge in [-0.1, -0.05) is 41.6 Å². The van der Waals surface area contributed by atoms with Gasteiger partial charge >= 0.3 is 0 Å². The van der Waals surface area contributed by atoms with Crippen LogP contribution >= 0.6 is 23.4 Å². The van der Waals surface area contributed by atoms with Crippen molar-refractivity contribution in [3.63, 3.8) is 0 Å². The summed E-state index contributed by atoms with van der Waals surface area (Å²) in [6.07, 6.45) is 3.68. The SMILES string of the molecule is CC(=O)SCC=Cc1ccc(Cl)cc1C#N. The highest BCUT2D eigenvalue weighted by molar-refractivity contribution is 8.13. The van der Waals surface area contributed by atoms with E-state index in [1.54, 1.807) is 18.2 Å². The van der Waals surface area contributed by atoms with Crippen LogP contribution in [-0.2, 0) is 4.79 Å². The third-order valence-corrected chi connectivity index (χ3v) is 2.82. The molecule has 0 atom stereocenters. The van der Waals surface area contributed by atoms with Crippen LogP contribution in [-0.4, -0.2) is 10.9 Å². The molecule has 0 aromatic heterocycles. The standard InChI is InChI=1S/C12H10ClNOS/c1-9(15)16-6-2-3-10-4-5-12(13)7-11(10)8-14/h2-5,7H,6H2,1H3. The van der Waals surface area contributed by atoms with Gasteiger partial charge in [-0.05, 0) is 17.7 Å². The van der Waals surface area contributed by atoms with Gasteiger partial charge in [0.15, 0.2) is 5.12 Å². The summed E-state index contributed by atoms with van der Waals surface area (Å²) in [5, 5.41) is 9.52. The minimum Gasteiger partial charge on any atom is -0.288 e. The van der Waals surface area contributed by atoms with E-state index in [-0.39, 0.29) is 5.12 Å². The Balaban J connectivity index is 2.74. The van der Waals surface area contributed by atoms with Gasteiger partial charge in [0.05, 0.1) is 11.6 Å². The average Bonchev–Trinajstić information content (AvgIpc) is 2.25. The summed E-state index contributed by atoms with van der Waals surface area (Å²) in [5.41, 5.74) is 1.35. The van der Waals surface area contributed by atoms with Crippen molar-refractivity contribution in [2.24, 2.45) is 0 Å². The first-order chi connectivity index (χ1) is 7.63. The Morgan fingerprint density at radius 1 is 1.62 bits per heavy atom. The van der Waals surface area contributed by atoms with Crippen molar-refractivity contribution >= 4 is 34.6 Å². The Morgan fingerprint density at radius 2 is 2.38 bits per heavy atom. The van der Waals surface area contributed by atoms with Gasteiger partial charge in [0, 0.05) is 17.7 Å². The van der Waals surface area contributed by atoms with Gasteiger partial charge in [-0.25, -0.2) is 0 Å². The molecule has 2 nitrogen and oxygen atoms in total. The summed E-state index contributed by atoms with van der Waals surface area (Å²) < 4.78 is 0. The maximum Gasteiger partial charge on any atom is 0.186 e. The zero-order valence-electron chi connectivity index (χ0n) is 8.74. The molecule has 1 aromatic carbocycles. The van der Waals surface area contributed by atoms with Crippen molar-refractivity contribution < 1.29 is 4.79 Å². The molecule has 0 amide bonds. The zero-order chi connectivity index (χ0) is 12.0. The molecule has 0 aliphatic carbocycles. The van der Waals surface area contributed by atoms with Gasteiger partial charge < -0.3 is 0 Å². The molecule has 0 N–H and O–H groups in total. The quantitative estimate of drug-likeness (QED) is 0.826. The molecule has 0 saturated carbocycles. The van der Waals surface area contributed by atoms with Crippen LogP contribution in [0.15, 0.2) is 24.3 Å². The summed E-state index contributed by atoms with van der Waals surface area (Å²) in [6.45, 7) is 1.53. The molecule has 0 heterocycles. The highest BCUT2D eigenvalue weighted by Crippen LogP contribution is 2.17. The smallest absolute Gasteiger partial charge is 0.186 e. The van der Waals surface area contributed by atoms with E-state index >= 15 is 0 Å². The second-order valence-corrected chi connectivity index (χ2v) is 4.68. The molecule has 16 heavy (non-hydrogen) atoms. The third-order valence-electron chi connectivity index (χ3n) is 1.82. The second kappa shape index (κ2) is 6.37. The van der Waals surface area contributed by atoms with E-state index in [2.05, 4.69) is 6.07 Å². The first-order valence-corrected chi connectivity index (χ1v) is 5.99. The number of halogens is 1. The van der Waals surface area contributed by atoms with Crippen LogP contribution in [0.1, 0.15) is 18.1 Å². The van der Waals surface area contributed by atoms with Crippen LogP contribution in [0.4, 0.5) is 0 Å². The monoisotopic (exact) mass is 251 g/mol. The van der Waals surface area contributed by atoms with Gasteiger partial charge in [0.25, 0.3) is 0 Å². The maximum atomic E-state index is 10.7. The molecule has 0 unspecified atom stereocenters. The molecule has 0 bridgehead atoms. The lowest BCUT2D eigenvalue weighted by atomic mass is 10.1. The Bertz CT molecular complexity index is 463. The van der Waals surface area contributed by atoms with Crippen molar-refractivity contribution in [2.75, 3.05) is 5.75 Å². The van der Waals surface area contributed by atoms with E-state index in [9.17, 15) is 4.79 Å². The number of carbonyl (C=O) groups excluding carboxylic acids is 1. The summed E-state index contributed by atoms with van der Waals surface area (Å²) >= 11 is 7.01. The van der Waals surface area contributed by atoms with Crippen molar-refractivity contribution in [2.45, 2.75) is 6.92 Å². The van der Waals surface area contributed by atoms with Crippen LogP contribution < -0.4 is 0 Å². The predicted molar refractivity (Wildman–Crippen MR) is 68.3 cm³/mol. The van der Waals surface area contributed by atoms with Crippen molar-refractivity contribution in [1.29, 1.82) is 5.26 Å². The largest absolute Gasteiger partial charge is 0.288 e. The molecule has 4 heteroatoms. The number of nitriles is 1. The van der Waals surface area contributed by atoms with E-state index in [0.29, 0.717) is 16.3 Å². The number of rotatable bonds is 3. The molecule has 1 rings (SSSR count). The lowest BCUT2D eigenvalue weighted by Gasteiger charge is -1.98. The molecule has 0 aliphatic heterocycles. The fourth-order valence-corrected chi connectivity index (χ4v) is 1.71. The maximum absolute atomic E-state index is 10.7. The highest BCUT2D eigenvalue weighted by atomic mass is 35.5. The fourth-order valence-electron chi connectivity index (χ4n) is 1.11. The Kier molecular flexibility index (Phi) is 5.10. The lowest BCUT2D eigenvalue weighted by Crippen LogP contribution is -1.84. The number of nitrogens with zero attached hydrogens (tertiary/aromatic N) is 1. The predicted octanol–water partition coefficient (Wildman–Crippen LogP) is 3.50. The number of hydrogen-bond donors (Lipinski definition) is 0. The number of hydrogen-bond acceptors (Lipinski definition) is 3. The van der Waals surface area contributed by atoms with Crippen LogP contribution in [0, 0.1) is 11.3 Å². The van der Waals surface area contributed by atoms with Crippen molar-refractivity contribution in [3.8, 4) is 6.07 Å². The number of carbonyl (C=O) groups is 1. The Hall–Kier alpha value is -1.24. The van der Waals surface area contributed by atoms with E-state index in [0.717, 1.165) is 5.56 Å². The van der Waals surface area contributed by atoms with Gasteiger partial charge in [-0.3, -0.25) is 4.79 Å². The van der Waals surface area contributed by atoms with Crippen LogP contribution in [0.3, 0.4) is 0 Å². The van der Waals surface area contributed by atoms with E-state index in [1.165, 1.54) is 18.7 Å². The van der Waals surface area contributed by atoms with Crippen molar-refractivity contribution in [1.82, 2.24) is 0 Å². The van der Waals surface area contributed by atoms with E-state index in [4.69, 9.17) is 16.9 Å². The molecular weight excluding hydrogens is 242 g/mol. The second-order valence-electron chi connectivity index (χ2n) is 3.05. The molecule has 1 aromatic rings. The topological polar surface area (TPSA) is 40.9 Å². The van der Waals surface area contributed by atoms with E-state index < -0.39 is 0 Å². The van der Waals surface area contributed by atoms with Crippen molar-refractivity contribution in [3.05, 3.63) is 40.4 Å². The van der Waals surface area contributed by atoms with Crippen LogP contribution in [0.25, 0.3) is 6.08 Å². The average molecular weight is 252 g/mol. The molecule has 0 fully saturated rings. The van der Waals surface area contributed by atoms with Gasteiger partial charge in [-0.2, -0.15) is 5.26 Å². The Labute approximate surface area is 104 Å². The summed E-state index contributed by atoms with van der Waals surface area (Å²) in [4.78, 5) is 10.7. The van der Waals surface area contributed by atoms with E-state index in [1.807, 2.05) is 12.2 Å². The van der Waals surface area contributed by atoms with Gasteiger partial charge in [0.1, 0.15) is 0 Å². The Morgan fingerprint density at radius 3 is 3.00 bits per heavy atom. The zero-order valence-corrected chi connectivity index (χ0v) is 10.3. The normalized spacial score (nSPS) is 10.3. The number of thioether (sulfide) groups is 1.